The number of imidazole rings is 1. The SMILES string of the molecule is O=S(=O)(OCCc1ccccc1)c1ncc[nH]1. The summed E-state index contributed by atoms with van der Waals surface area (Å²) in [7, 11) is -3.75. The Morgan fingerprint density at radius 1 is 1.24 bits per heavy atom. The maximum Gasteiger partial charge on any atom is 0.331 e. The topological polar surface area (TPSA) is 72.1 Å². The number of benzene rings is 1. The van der Waals surface area contributed by atoms with E-state index in [2.05, 4.69) is 9.97 Å². The summed E-state index contributed by atoms with van der Waals surface area (Å²) >= 11 is 0. The molecule has 17 heavy (non-hydrogen) atoms. The first-order valence-corrected chi connectivity index (χ1v) is 6.52. The fourth-order valence-electron chi connectivity index (χ4n) is 1.36. The number of nitrogens with zero attached hydrogens (tertiary/aromatic N) is 1. The highest BCUT2D eigenvalue weighted by Crippen LogP contribution is 2.07. The van der Waals surface area contributed by atoms with Crippen LogP contribution >= 0.6 is 0 Å². The van der Waals surface area contributed by atoms with E-state index in [9.17, 15) is 8.42 Å². The van der Waals surface area contributed by atoms with Crippen LogP contribution in [0.15, 0.2) is 47.9 Å². The van der Waals surface area contributed by atoms with E-state index < -0.39 is 10.1 Å². The lowest BCUT2D eigenvalue weighted by atomic mass is 10.2. The fourth-order valence-corrected chi connectivity index (χ4v) is 2.17. The Bertz CT molecular complexity index is 550. The summed E-state index contributed by atoms with van der Waals surface area (Å²) in [6, 6.07) is 9.54. The highest BCUT2D eigenvalue weighted by molar-refractivity contribution is 7.86. The molecular weight excluding hydrogens is 240 g/mol. The molecule has 0 aliphatic heterocycles. The minimum atomic E-state index is -3.75. The third-order valence-electron chi connectivity index (χ3n) is 2.18. The van der Waals surface area contributed by atoms with E-state index >= 15 is 0 Å². The van der Waals surface area contributed by atoms with Gasteiger partial charge >= 0.3 is 10.1 Å². The first-order valence-electron chi connectivity index (χ1n) is 5.11. The van der Waals surface area contributed by atoms with Crippen molar-refractivity contribution in [1.29, 1.82) is 0 Å². The molecule has 0 spiro atoms. The van der Waals surface area contributed by atoms with E-state index in [4.69, 9.17) is 4.18 Å². The number of hydrogen-bond donors (Lipinski definition) is 1. The van der Waals surface area contributed by atoms with Gasteiger partial charge in [0.15, 0.2) is 0 Å². The predicted molar refractivity (Wildman–Crippen MR) is 61.9 cm³/mol. The molecule has 1 N–H and O–H groups in total. The molecule has 0 unspecified atom stereocenters. The third kappa shape index (κ3) is 3.15. The van der Waals surface area contributed by atoms with Crippen molar-refractivity contribution >= 4 is 10.1 Å². The molecule has 5 nitrogen and oxygen atoms in total. The van der Waals surface area contributed by atoms with Crippen LogP contribution in [0.3, 0.4) is 0 Å². The molecule has 0 aliphatic rings. The number of aromatic amines is 1. The van der Waals surface area contributed by atoms with Crippen LogP contribution in [0.1, 0.15) is 5.56 Å². The molecule has 0 saturated heterocycles. The zero-order valence-electron chi connectivity index (χ0n) is 9.04. The normalized spacial score (nSPS) is 11.5. The van der Waals surface area contributed by atoms with Crippen molar-refractivity contribution in [3.63, 3.8) is 0 Å². The molecule has 1 aromatic carbocycles. The summed E-state index contributed by atoms with van der Waals surface area (Å²) < 4.78 is 28.0. The average molecular weight is 252 g/mol. The summed E-state index contributed by atoms with van der Waals surface area (Å²) in [5.74, 6) is 0. The number of aromatic nitrogens is 2. The molecule has 6 heteroatoms. The van der Waals surface area contributed by atoms with Gasteiger partial charge in [-0.25, -0.2) is 4.98 Å². The maximum absolute atomic E-state index is 11.6. The number of hydrogen-bond acceptors (Lipinski definition) is 4. The number of H-pyrrole nitrogens is 1. The standard InChI is InChI=1S/C11H12N2O3S/c14-17(15,11-12-7-8-13-11)16-9-6-10-4-2-1-3-5-10/h1-5,7-8H,6,9H2,(H,12,13). The van der Waals surface area contributed by atoms with Crippen LogP contribution < -0.4 is 0 Å². The number of nitrogens with one attached hydrogen (secondary N) is 1. The van der Waals surface area contributed by atoms with Crippen LogP contribution in [0, 0.1) is 0 Å². The maximum atomic E-state index is 11.6. The van der Waals surface area contributed by atoms with Crippen molar-refractivity contribution < 1.29 is 12.6 Å². The quantitative estimate of drug-likeness (QED) is 0.815. The van der Waals surface area contributed by atoms with Crippen LogP contribution in [0.25, 0.3) is 0 Å². The van der Waals surface area contributed by atoms with Gasteiger partial charge in [0.25, 0.3) is 5.16 Å². The predicted octanol–water partition coefficient (Wildman–Crippen LogP) is 1.36. The molecule has 0 amide bonds. The van der Waals surface area contributed by atoms with Gasteiger partial charge in [0, 0.05) is 12.4 Å². The second-order valence-corrected chi connectivity index (χ2v) is 4.94. The van der Waals surface area contributed by atoms with Crippen LogP contribution in [0.5, 0.6) is 0 Å². The Kier molecular flexibility index (Phi) is 3.55. The van der Waals surface area contributed by atoms with Crippen molar-refractivity contribution in [2.24, 2.45) is 0 Å². The lowest BCUT2D eigenvalue weighted by molar-refractivity contribution is 0.319. The van der Waals surface area contributed by atoms with Gasteiger partial charge in [0.1, 0.15) is 0 Å². The summed E-state index contributed by atoms with van der Waals surface area (Å²) in [5, 5.41) is -0.162. The minimum absolute atomic E-state index is 0.104. The third-order valence-corrected chi connectivity index (χ3v) is 3.36. The largest absolute Gasteiger partial charge is 0.334 e. The summed E-state index contributed by atoms with van der Waals surface area (Å²) in [6.45, 7) is 0.104. The molecule has 0 fully saturated rings. The molecular formula is C11H12N2O3S. The molecule has 0 radical (unpaired) electrons. The van der Waals surface area contributed by atoms with Crippen LogP contribution in [0.4, 0.5) is 0 Å². The smallest absolute Gasteiger partial charge is 0.331 e. The monoisotopic (exact) mass is 252 g/mol. The van der Waals surface area contributed by atoms with Gasteiger partial charge in [0.05, 0.1) is 6.61 Å². The van der Waals surface area contributed by atoms with Crippen molar-refractivity contribution in [3.05, 3.63) is 48.3 Å². The van der Waals surface area contributed by atoms with Crippen LogP contribution in [-0.4, -0.2) is 25.0 Å². The van der Waals surface area contributed by atoms with Crippen LogP contribution in [-0.2, 0) is 20.7 Å². The van der Waals surface area contributed by atoms with Gasteiger partial charge in [-0.1, -0.05) is 30.3 Å². The van der Waals surface area contributed by atoms with Gasteiger partial charge in [-0.05, 0) is 12.0 Å². The molecule has 1 heterocycles. The highest BCUT2D eigenvalue weighted by atomic mass is 32.2. The lowest BCUT2D eigenvalue weighted by Crippen LogP contribution is -2.10. The Morgan fingerprint density at radius 3 is 2.65 bits per heavy atom. The molecule has 1 aromatic heterocycles. The minimum Gasteiger partial charge on any atom is -0.334 e. The molecule has 90 valence electrons. The van der Waals surface area contributed by atoms with E-state index in [-0.39, 0.29) is 11.8 Å². The van der Waals surface area contributed by atoms with E-state index in [1.165, 1.54) is 12.4 Å². The summed E-state index contributed by atoms with van der Waals surface area (Å²) in [6.07, 6.45) is 3.35. The first kappa shape index (κ1) is 11.8. The molecule has 0 aliphatic carbocycles. The Hall–Kier alpha value is -1.66. The number of rotatable bonds is 5. The second-order valence-electron chi connectivity index (χ2n) is 3.41. The van der Waals surface area contributed by atoms with Gasteiger partial charge in [-0.2, -0.15) is 8.42 Å². The Balaban J connectivity index is 1.91. The van der Waals surface area contributed by atoms with Crippen molar-refractivity contribution in [1.82, 2.24) is 9.97 Å². The van der Waals surface area contributed by atoms with Crippen LogP contribution in [0.2, 0.25) is 0 Å². The molecule has 2 rings (SSSR count). The van der Waals surface area contributed by atoms with Crippen molar-refractivity contribution in [2.75, 3.05) is 6.61 Å². The van der Waals surface area contributed by atoms with E-state index in [0.717, 1.165) is 5.56 Å². The molecule has 0 atom stereocenters. The second kappa shape index (κ2) is 5.11. The van der Waals surface area contributed by atoms with E-state index in [0.29, 0.717) is 6.42 Å². The van der Waals surface area contributed by atoms with Gasteiger partial charge in [-0.3, -0.25) is 4.18 Å². The molecule has 0 bridgehead atoms. The summed E-state index contributed by atoms with van der Waals surface area (Å²) in [5.41, 5.74) is 1.03. The lowest BCUT2D eigenvalue weighted by Gasteiger charge is -2.03. The van der Waals surface area contributed by atoms with Crippen molar-refractivity contribution in [3.8, 4) is 0 Å². The zero-order valence-corrected chi connectivity index (χ0v) is 9.85. The molecule has 0 saturated carbocycles. The summed E-state index contributed by atoms with van der Waals surface area (Å²) in [4.78, 5) is 6.15. The van der Waals surface area contributed by atoms with Gasteiger partial charge in [0.2, 0.25) is 0 Å². The zero-order chi connectivity index (χ0) is 12.1. The first-order chi connectivity index (χ1) is 8.18. The average Bonchev–Trinajstić information content (AvgIpc) is 2.84. The fraction of sp³-hybridized carbons (Fsp3) is 0.182. The van der Waals surface area contributed by atoms with E-state index in [1.54, 1.807) is 0 Å². The van der Waals surface area contributed by atoms with E-state index in [1.807, 2.05) is 30.3 Å². The highest BCUT2D eigenvalue weighted by Gasteiger charge is 2.17. The Morgan fingerprint density at radius 2 is 2.00 bits per heavy atom. The van der Waals surface area contributed by atoms with Crippen molar-refractivity contribution in [2.45, 2.75) is 11.6 Å². The van der Waals surface area contributed by atoms with Gasteiger partial charge < -0.3 is 4.98 Å². The van der Waals surface area contributed by atoms with Gasteiger partial charge in [-0.15, -0.1) is 0 Å². The Labute approximate surface area is 99.6 Å². The molecule has 2 aromatic rings.